The minimum Gasteiger partial charge on any atom is -0.282 e. The average molecular weight is 172 g/mol. The summed E-state index contributed by atoms with van der Waals surface area (Å²) in [7, 11) is 0. The molecule has 0 saturated carbocycles. The summed E-state index contributed by atoms with van der Waals surface area (Å²) in [6.45, 7) is 8.30. The van der Waals surface area contributed by atoms with E-state index in [0.717, 1.165) is 5.57 Å². The van der Waals surface area contributed by atoms with Crippen molar-refractivity contribution in [3.05, 3.63) is 11.6 Å². The maximum atomic E-state index is 11.0. The van der Waals surface area contributed by atoms with Crippen molar-refractivity contribution >= 4 is 16.9 Å². The number of carbonyl (C=O) groups excluding carboxylic acids is 1. The van der Waals surface area contributed by atoms with Crippen molar-refractivity contribution in [1.29, 1.82) is 0 Å². The molecule has 0 aromatic carbocycles. The third-order valence-electron chi connectivity index (χ3n) is 1.72. The first-order valence-electron chi connectivity index (χ1n) is 3.64. The van der Waals surface area contributed by atoms with Crippen LogP contribution in [-0.4, -0.2) is 11.4 Å². The molecule has 0 spiro atoms. The molecule has 0 amide bonds. The van der Waals surface area contributed by atoms with Gasteiger partial charge in [-0.15, -0.1) is 0 Å². The Hall–Kier alpha value is -0.240. The lowest BCUT2D eigenvalue weighted by atomic mass is 9.88. The van der Waals surface area contributed by atoms with Crippen LogP contribution >= 0.6 is 11.8 Å². The van der Waals surface area contributed by atoms with E-state index in [1.165, 1.54) is 11.8 Å². The van der Waals surface area contributed by atoms with E-state index >= 15 is 0 Å². The van der Waals surface area contributed by atoms with Gasteiger partial charge in [0.2, 0.25) is 5.12 Å². The van der Waals surface area contributed by atoms with E-state index in [-0.39, 0.29) is 10.5 Å². The van der Waals surface area contributed by atoms with Gasteiger partial charge in [0, 0.05) is 0 Å². The molecule has 2 heteroatoms. The standard InChI is InChI=1S/C9H16OS/c1-7(9(2,3)4)6-8(10)11-5/h6H,1-5H3/b7-6+. The lowest BCUT2D eigenvalue weighted by molar-refractivity contribution is -0.107. The van der Waals surface area contributed by atoms with Crippen molar-refractivity contribution in [2.24, 2.45) is 5.41 Å². The van der Waals surface area contributed by atoms with Gasteiger partial charge in [0.25, 0.3) is 0 Å². The van der Waals surface area contributed by atoms with Crippen molar-refractivity contribution in [2.75, 3.05) is 6.26 Å². The molecule has 0 heterocycles. The Morgan fingerprint density at radius 2 is 1.82 bits per heavy atom. The second kappa shape index (κ2) is 3.96. The van der Waals surface area contributed by atoms with E-state index in [1.807, 2.05) is 6.92 Å². The lowest BCUT2D eigenvalue weighted by Gasteiger charge is -2.18. The molecule has 0 rings (SSSR count). The van der Waals surface area contributed by atoms with E-state index in [2.05, 4.69) is 20.8 Å². The third kappa shape index (κ3) is 4.25. The van der Waals surface area contributed by atoms with Crippen molar-refractivity contribution in [1.82, 2.24) is 0 Å². The molecule has 0 unspecified atom stereocenters. The van der Waals surface area contributed by atoms with Gasteiger partial charge in [-0.2, -0.15) is 0 Å². The minimum atomic E-state index is 0.116. The van der Waals surface area contributed by atoms with Gasteiger partial charge in [-0.05, 0) is 24.7 Å². The highest BCUT2D eigenvalue weighted by atomic mass is 32.2. The molecule has 0 bridgehead atoms. The van der Waals surface area contributed by atoms with Crippen LogP contribution in [0.1, 0.15) is 27.7 Å². The van der Waals surface area contributed by atoms with Gasteiger partial charge < -0.3 is 0 Å². The van der Waals surface area contributed by atoms with Gasteiger partial charge in [-0.3, -0.25) is 4.79 Å². The SMILES string of the molecule is CSC(=O)/C=C(\C)C(C)(C)C. The highest BCUT2D eigenvalue weighted by Gasteiger charge is 2.13. The molecule has 64 valence electrons. The molecule has 0 N–H and O–H groups in total. The van der Waals surface area contributed by atoms with Gasteiger partial charge in [-0.25, -0.2) is 0 Å². The normalized spacial score (nSPS) is 13.4. The van der Waals surface area contributed by atoms with Crippen LogP contribution in [0.4, 0.5) is 0 Å². The smallest absolute Gasteiger partial charge is 0.211 e. The molecule has 0 radical (unpaired) electrons. The van der Waals surface area contributed by atoms with Crippen LogP contribution in [0, 0.1) is 5.41 Å². The van der Waals surface area contributed by atoms with Gasteiger partial charge in [0.1, 0.15) is 0 Å². The molecule has 0 aromatic rings. The zero-order valence-corrected chi connectivity index (χ0v) is 8.71. The Labute approximate surface area is 73.3 Å². The highest BCUT2D eigenvalue weighted by molar-refractivity contribution is 8.13. The Morgan fingerprint density at radius 1 is 1.36 bits per heavy atom. The van der Waals surface area contributed by atoms with Crippen LogP contribution in [0.5, 0.6) is 0 Å². The van der Waals surface area contributed by atoms with E-state index in [9.17, 15) is 4.79 Å². The average Bonchev–Trinajstić information content (AvgIpc) is 1.85. The fourth-order valence-electron chi connectivity index (χ4n) is 0.452. The monoisotopic (exact) mass is 172 g/mol. The summed E-state index contributed by atoms with van der Waals surface area (Å²) in [4.78, 5) is 11.0. The minimum absolute atomic E-state index is 0.116. The van der Waals surface area contributed by atoms with Crippen molar-refractivity contribution in [3.8, 4) is 0 Å². The summed E-state index contributed by atoms with van der Waals surface area (Å²) in [5, 5.41) is 0.137. The van der Waals surface area contributed by atoms with E-state index in [1.54, 1.807) is 12.3 Å². The second-order valence-electron chi connectivity index (χ2n) is 3.60. The quantitative estimate of drug-likeness (QED) is 0.566. The van der Waals surface area contributed by atoms with Crippen LogP contribution in [0.15, 0.2) is 11.6 Å². The van der Waals surface area contributed by atoms with Crippen LogP contribution in [-0.2, 0) is 4.79 Å². The second-order valence-corrected chi connectivity index (χ2v) is 4.41. The Morgan fingerprint density at radius 3 is 2.09 bits per heavy atom. The number of allylic oxidation sites excluding steroid dienone is 1. The molecule has 11 heavy (non-hydrogen) atoms. The number of thioether (sulfide) groups is 1. The van der Waals surface area contributed by atoms with Gasteiger partial charge in [0.05, 0.1) is 0 Å². The maximum Gasteiger partial charge on any atom is 0.211 e. The van der Waals surface area contributed by atoms with E-state index in [4.69, 9.17) is 0 Å². The first-order valence-corrected chi connectivity index (χ1v) is 4.87. The number of rotatable bonds is 1. The fraction of sp³-hybridized carbons (Fsp3) is 0.667. The summed E-state index contributed by atoms with van der Waals surface area (Å²) in [5.41, 5.74) is 1.25. The molecule has 0 aliphatic carbocycles. The first kappa shape index (κ1) is 10.8. The van der Waals surface area contributed by atoms with Crippen LogP contribution in [0.3, 0.4) is 0 Å². The van der Waals surface area contributed by atoms with E-state index < -0.39 is 0 Å². The van der Waals surface area contributed by atoms with Gasteiger partial charge in [0.15, 0.2) is 0 Å². The Balaban J connectivity index is 4.35. The molecule has 0 aliphatic heterocycles. The first-order chi connectivity index (χ1) is 4.88. The predicted octanol–water partition coefficient (Wildman–Crippen LogP) is 2.87. The van der Waals surface area contributed by atoms with E-state index in [0.29, 0.717) is 0 Å². The largest absolute Gasteiger partial charge is 0.282 e. The molecule has 1 nitrogen and oxygen atoms in total. The number of carbonyl (C=O) groups is 1. The Kier molecular flexibility index (Phi) is 3.87. The molecular formula is C9H16OS. The zero-order chi connectivity index (χ0) is 9.07. The van der Waals surface area contributed by atoms with Crippen LogP contribution < -0.4 is 0 Å². The molecule has 0 fully saturated rings. The summed E-state index contributed by atoms with van der Waals surface area (Å²) in [6, 6.07) is 0. The molecular weight excluding hydrogens is 156 g/mol. The number of hydrogen-bond donors (Lipinski definition) is 0. The summed E-state index contributed by atoms with van der Waals surface area (Å²) >= 11 is 1.25. The third-order valence-corrected chi connectivity index (χ3v) is 2.24. The summed E-state index contributed by atoms with van der Waals surface area (Å²) < 4.78 is 0. The molecule has 0 atom stereocenters. The predicted molar refractivity (Wildman–Crippen MR) is 51.7 cm³/mol. The highest BCUT2D eigenvalue weighted by Crippen LogP contribution is 2.24. The van der Waals surface area contributed by atoms with Crippen molar-refractivity contribution in [3.63, 3.8) is 0 Å². The van der Waals surface area contributed by atoms with Gasteiger partial charge in [-0.1, -0.05) is 38.1 Å². The maximum absolute atomic E-state index is 11.0. The van der Waals surface area contributed by atoms with Crippen LogP contribution in [0.2, 0.25) is 0 Å². The lowest BCUT2D eigenvalue weighted by Crippen LogP contribution is -2.07. The zero-order valence-electron chi connectivity index (χ0n) is 7.89. The summed E-state index contributed by atoms with van der Waals surface area (Å²) in [6.07, 6.45) is 3.51. The van der Waals surface area contributed by atoms with Gasteiger partial charge >= 0.3 is 0 Å². The van der Waals surface area contributed by atoms with Crippen molar-refractivity contribution in [2.45, 2.75) is 27.7 Å². The Bertz CT molecular complexity index is 174. The fourth-order valence-corrected chi connectivity index (χ4v) is 0.747. The molecule has 0 aliphatic rings. The number of hydrogen-bond acceptors (Lipinski definition) is 2. The van der Waals surface area contributed by atoms with Crippen molar-refractivity contribution < 1.29 is 4.79 Å². The van der Waals surface area contributed by atoms with Crippen LogP contribution in [0.25, 0.3) is 0 Å². The molecule has 0 saturated heterocycles. The summed E-state index contributed by atoms with van der Waals surface area (Å²) in [5.74, 6) is 0. The molecule has 0 aromatic heterocycles. The topological polar surface area (TPSA) is 17.1 Å².